The number of rotatable bonds is 2. The van der Waals surface area contributed by atoms with Gasteiger partial charge in [0.25, 0.3) is 0 Å². The maximum atomic E-state index is 5.46. The summed E-state index contributed by atoms with van der Waals surface area (Å²) in [6.45, 7) is 5.48. The van der Waals surface area contributed by atoms with Crippen LogP contribution in [0.1, 0.15) is 39.5 Å². The van der Waals surface area contributed by atoms with Crippen molar-refractivity contribution in [2.45, 2.75) is 39.5 Å². The van der Waals surface area contributed by atoms with Gasteiger partial charge in [0, 0.05) is 6.54 Å². The molecule has 0 aromatic carbocycles. The van der Waals surface area contributed by atoms with Crippen molar-refractivity contribution in [2.75, 3.05) is 6.54 Å². The zero-order chi connectivity index (χ0) is 10.6. The monoisotopic (exact) mass is 198 g/mol. The van der Waals surface area contributed by atoms with Gasteiger partial charge in [-0.3, -0.25) is 10.4 Å². The van der Waals surface area contributed by atoms with Crippen LogP contribution in [0.2, 0.25) is 0 Å². The van der Waals surface area contributed by atoms with E-state index in [1.807, 2.05) is 0 Å². The Morgan fingerprint density at radius 3 is 2.50 bits per heavy atom. The van der Waals surface area contributed by atoms with E-state index in [4.69, 9.17) is 11.6 Å². The van der Waals surface area contributed by atoms with E-state index in [2.05, 4.69) is 24.3 Å². The van der Waals surface area contributed by atoms with E-state index >= 15 is 0 Å². The van der Waals surface area contributed by atoms with Gasteiger partial charge in [-0.25, -0.2) is 5.84 Å². The van der Waals surface area contributed by atoms with Crippen molar-refractivity contribution >= 4 is 5.96 Å². The van der Waals surface area contributed by atoms with E-state index in [0.717, 1.165) is 6.54 Å². The average Bonchev–Trinajstić information content (AvgIpc) is 2.16. The lowest BCUT2D eigenvalue weighted by Gasteiger charge is -2.33. The Bertz CT molecular complexity index is 200. The van der Waals surface area contributed by atoms with E-state index in [0.29, 0.717) is 17.3 Å². The number of aliphatic imine (C=N–C) groups is 1. The predicted molar refractivity (Wildman–Crippen MR) is 59.6 cm³/mol. The smallest absolute Gasteiger partial charge is 0.203 e. The summed E-state index contributed by atoms with van der Waals surface area (Å²) in [5.74, 6) is 6.16. The molecular formula is C10H22N4. The molecule has 5 N–H and O–H groups in total. The van der Waals surface area contributed by atoms with Gasteiger partial charge in [0.15, 0.2) is 0 Å². The molecule has 14 heavy (non-hydrogen) atoms. The number of hydrogen-bond acceptors (Lipinski definition) is 2. The van der Waals surface area contributed by atoms with Gasteiger partial charge in [-0.15, -0.1) is 0 Å². The highest BCUT2D eigenvalue weighted by Crippen LogP contribution is 2.37. The lowest BCUT2D eigenvalue weighted by molar-refractivity contribution is 0.195. The minimum Gasteiger partial charge on any atom is -0.369 e. The maximum absolute atomic E-state index is 5.46. The van der Waals surface area contributed by atoms with Crippen LogP contribution in [0, 0.1) is 11.3 Å². The van der Waals surface area contributed by atoms with Gasteiger partial charge in [-0.05, 0) is 37.0 Å². The Morgan fingerprint density at radius 2 is 2.00 bits per heavy atom. The van der Waals surface area contributed by atoms with E-state index < -0.39 is 0 Å². The first-order valence-electron chi connectivity index (χ1n) is 5.30. The fourth-order valence-electron chi connectivity index (χ4n) is 1.91. The van der Waals surface area contributed by atoms with Crippen molar-refractivity contribution < 1.29 is 0 Å². The summed E-state index contributed by atoms with van der Waals surface area (Å²) in [6, 6.07) is 0. The van der Waals surface area contributed by atoms with Gasteiger partial charge in [0.1, 0.15) is 0 Å². The molecule has 0 radical (unpaired) electrons. The highest BCUT2D eigenvalue weighted by Gasteiger charge is 2.26. The molecule has 0 heterocycles. The molecule has 82 valence electrons. The van der Waals surface area contributed by atoms with Crippen molar-refractivity contribution in [2.24, 2.45) is 27.9 Å². The van der Waals surface area contributed by atoms with Crippen LogP contribution in [-0.2, 0) is 0 Å². The first-order chi connectivity index (χ1) is 6.53. The summed E-state index contributed by atoms with van der Waals surface area (Å²) in [5, 5.41) is 0. The minimum atomic E-state index is 0.342. The highest BCUT2D eigenvalue weighted by molar-refractivity contribution is 5.77. The van der Waals surface area contributed by atoms with Gasteiger partial charge in [0.2, 0.25) is 5.96 Å². The van der Waals surface area contributed by atoms with E-state index in [9.17, 15) is 0 Å². The molecule has 0 amide bonds. The summed E-state index contributed by atoms with van der Waals surface area (Å²) in [5.41, 5.74) is 8.33. The molecule has 1 aliphatic rings. The van der Waals surface area contributed by atoms with Crippen LogP contribution in [-0.4, -0.2) is 12.5 Å². The molecule has 0 aromatic rings. The highest BCUT2D eigenvalue weighted by atomic mass is 15.3. The fraction of sp³-hybridized carbons (Fsp3) is 0.900. The van der Waals surface area contributed by atoms with Crippen molar-refractivity contribution in [1.82, 2.24) is 5.43 Å². The Kier molecular flexibility index (Phi) is 3.75. The Labute approximate surface area is 86.1 Å². The number of hydrazine groups is 1. The van der Waals surface area contributed by atoms with Crippen molar-refractivity contribution in [3.63, 3.8) is 0 Å². The molecule has 0 unspecified atom stereocenters. The van der Waals surface area contributed by atoms with Gasteiger partial charge in [-0.1, -0.05) is 13.8 Å². The molecule has 1 rings (SSSR count). The van der Waals surface area contributed by atoms with Crippen LogP contribution in [0.4, 0.5) is 0 Å². The lowest BCUT2D eigenvalue weighted by atomic mass is 9.73. The molecular weight excluding hydrogens is 176 g/mol. The van der Waals surface area contributed by atoms with Gasteiger partial charge >= 0.3 is 0 Å². The van der Waals surface area contributed by atoms with Crippen LogP contribution < -0.4 is 17.0 Å². The third-order valence-corrected chi connectivity index (χ3v) is 3.13. The second kappa shape index (κ2) is 4.64. The van der Waals surface area contributed by atoms with Crippen LogP contribution in [0.5, 0.6) is 0 Å². The zero-order valence-electron chi connectivity index (χ0n) is 9.21. The molecule has 0 spiro atoms. The molecule has 1 fully saturated rings. The van der Waals surface area contributed by atoms with E-state index in [1.54, 1.807) is 0 Å². The molecule has 0 aliphatic heterocycles. The van der Waals surface area contributed by atoms with Crippen LogP contribution in [0.15, 0.2) is 4.99 Å². The predicted octanol–water partition coefficient (Wildman–Crippen LogP) is 0.981. The number of nitrogens with one attached hydrogen (secondary N) is 1. The molecule has 1 aliphatic carbocycles. The summed E-state index contributed by atoms with van der Waals surface area (Å²) < 4.78 is 0. The topological polar surface area (TPSA) is 76.4 Å². The number of guanidine groups is 1. The Balaban J connectivity index is 2.29. The minimum absolute atomic E-state index is 0.342. The summed E-state index contributed by atoms with van der Waals surface area (Å²) in [7, 11) is 0. The maximum Gasteiger partial charge on any atom is 0.203 e. The first-order valence-corrected chi connectivity index (χ1v) is 5.30. The van der Waals surface area contributed by atoms with Crippen molar-refractivity contribution in [1.29, 1.82) is 0 Å². The van der Waals surface area contributed by atoms with E-state index in [1.165, 1.54) is 25.7 Å². The van der Waals surface area contributed by atoms with Crippen molar-refractivity contribution in [3.8, 4) is 0 Å². The van der Waals surface area contributed by atoms with Crippen LogP contribution in [0.25, 0.3) is 0 Å². The molecule has 1 saturated carbocycles. The molecule has 4 nitrogen and oxygen atoms in total. The van der Waals surface area contributed by atoms with Crippen LogP contribution >= 0.6 is 0 Å². The number of nitrogens with zero attached hydrogens (tertiary/aromatic N) is 1. The normalized spacial score (nSPS) is 23.5. The Morgan fingerprint density at radius 1 is 1.43 bits per heavy atom. The largest absolute Gasteiger partial charge is 0.369 e. The molecule has 0 aromatic heterocycles. The Hall–Kier alpha value is -0.770. The summed E-state index contributed by atoms with van der Waals surface area (Å²) in [6.07, 6.45) is 5.11. The second-order valence-corrected chi connectivity index (χ2v) is 4.98. The summed E-state index contributed by atoms with van der Waals surface area (Å²) in [4.78, 5) is 4.17. The van der Waals surface area contributed by atoms with Crippen LogP contribution in [0.3, 0.4) is 0 Å². The molecule has 4 heteroatoms. The SMILES string of the molecule is CC1(C)CCC(CN=C(N)NN)CC1. The third kappa shape index (κ3) is 3.54. The van der Waals surface area contributed by atoms with Gasteiger partial charge in [0.05, 0.1) is 0 Å². The third-order valence-electron chi connectivity index (χ3n) is 3.13. The number of nitrogens with two attached hydrogens (primary N) is 2. The lowest BCUT2D eigenvalue weighted by Crippen LogP contribution is -2.37. The standard InChI is InChI=1S/C10H22N4/c1-10(2)5-3-8(4-6-10)7-13-9(11)14-12/h8H,3-7,12H2,1-2H3,(H3,11,13,14). The summed E-state index contributed by atoms with van der Waals surface area (Å²) >= 11 is 0. The zero-order valence-corrected chi connectivity index (χ0v) is 9.21. The average molecular weight is 198 g/mol. The van der Waals surface area contributed by atoms with Crippen molar-refractivity contribution in [3.05, 3.63) is 0 Å². The molecule has 0 saturated heterocycles. The van der Waals surface area contributed by atoms with E-state index in [-0.39, 0.29) is 0 Å². The molecule has 0 bridgehead atoms. The number of hydrogen-bond donors (Lipinski definition) is 3. The quantitative estimate of drug-likeness (QED) is 0.268. The fourth-order valence-corrected chi connectivity index (χ4v) is 1.91. The molecule has 0 atom stereocenters. The van der Waals surface area contributed by atoms with Gasteiger partial charge in [-0.2, -0.15) is 0 Å². The first kappa shape index (κ1) is 11.3. The second-order valence-electron chi connectivity index (χ2n) is 4.98. The van der Waals surface area contributed by atoms with Gasteiger partial charge < -0.3 is 5.73 Å².